The maximum Gasteiger partial charge on any atom is 0.308 e. The molecule has 0 aliphatic heterocycles. The highest BCUT2D eigenvalue weighted by Gasteiger charge is 2.22. The maximum atomic E-state index is 13.1. The Balaban J connectivity index is 2.21. The highest BCUT2D eigenvalue weighted by Crippen LogP contribution is 2.21. The van der Waals surface area contributed by atoms with Crippen molar-refractivity contribution in [1.82, 2.24) is 10.3 Å². The van der Waals surface area contributed by atoms with Gasteiger partial charge < -0.3 is 10.1 Å². The van der Waals surface area contributed by atoms with Gasteiger partial charge in [0, 0.05) is 4.88 Å². The van der Waals surface area contributed by atoms with E-state index in [1.54, 1.807) is 19.1 Å². The second-order valence-corrected chi connectivity index (χ2v) is 6.63. The van der Waals surface area contributed by atoms with E-state index in [4.69, 9.17) is 4.74 Å². The van der Waals surface area contributed by atoms with Crippen molar-refractivity contribution < 1.29 is 18.7 Å². The number of thiazole rings is 1. The average Bonchev–Trinajstić information content (AvgIpc) is 2.86. The minimum atomic E-state index is -0.612. The summed E-state index contributed by atoms with van der Waals surface area (Å²) in [7, 11) is 0. The first-order chi connectivity index (χ1) is 11.4. The monoisotopic (exact) mass is 350 g/mol. The number of carbonyl (C=O) groups excluding carboxylic acids is 2. The number of amides is 1. The van der Waals surface area contributed by atoms with Gasteiger partial charge in [-0.1, -0.05) is 12.1 Å². The Labute approximate surface area is 143 Å². The van der Waals surface area contributed by atoms with E-state index in [2.05, 4.69) is 10.3 Å². The molecule has 2 aromatic rings. The highest BCUT2D eigenvalue weighted by molar-refractivity contribution is 7.11. The van der Waals surface area contributed by atoms with E-state index < -0.39 is 12.0 Å². The van der Waals surface area contributed by atoms with Crippen LogP contribution in [-0.2, 0) is 9.53 Å². The van der Waals surface area contributed by atoms with Gasteiger partial charge in [-0.3, -0.25) is 9.59 Å². The molecular formula is C17H19FN2O3S. The summed E-state index contributed by atoms with van der Waals surface area (Å²) in [6.45, 7) is 5.61. The predicted octanol–water partition coefficient (Wildman–Crippen LogP) is 3.32. The molecule has 1 aromatic heterocycles. The number of hydrogen-bond donors (Lipinski definition) is 1. The Morgan fingerprint density at radius 1 is 1.29 bits per heavy atom. The summed E-state index contributed by atoms with van der Waals surface area (Å²) in [6.07, 6.45) is -0.0343. The molecule has 1 aromatic carbocycles. The first-order valence-electron chi connectivity index (χ1n) is 7.56. The Morgan fingerprint density at radius 2 is 1.96 bits per heavy atom. The molecule has 1 heterocycles. The van der Waals surface area contributed by atoms with Crippen LogP contribution in [0.1, 0.15) is 45.3 Å². The Bertz CT molecular complexity index is 728. The summed E-state index contributed by atoms with van der Waals surface area (Å²) >= 11 is 1.43. The molecular weight excluding hydrogens is 331 g/mol. The number of ether oxygens (including phenoxy) is 1. The molecule has 0 saturated heterocycles. The van der Waals surface area contributed by atoms with Crippen molar-refractivity contribution in [2.45, 2.75) is 33.2 Å². The van der Waals surface area contributed by atoms with Crippen LogP contribution in [0.25, 0.3) is 0 Å². The van der Waals surface area contributed by atoms with Crippen molar-refractivity contribution >= 4 is 23.2 Å². The number of esters is 1. The average molecular weight is 350 g/mol. The van der Waals surface area contributed by atoms with Crippen LogP contribution in [0.5, 0.6) is 0 Å². The summed E-state index contributed by atoms with van der Waals surface area (Å²) in [6, 6.07) is 5.05. The fourth-order valence-electron chi connectivity index (χ4n) is 2.30. The smallest absolute Gasteiger partial charge is 0.308 e. The van der Waals surface area contributed by atoms with Gasteiger partial charge in [0.05, 0.1) is 24.1 Å². The molecule has 0 aliphatic carbocycles. The minimum Gasteiger partial charge on any atom is -0.466 e. The molecule has 5 nitrogen and oxygen atoms in total. The predicted molar refractivity (Wildman–Crippen MR) is 89.4 cm³/mol. The molecule has 1 amide bonds. The second-order valence-electron chi connectivity index (χ2n) is 5.22. The summed E-state index contributed by atoms with van der Waals surface area (Å²) in [5.41, 5.74) is 0.968. The van der Waals surface area contributed by atoms with Crippen LogP contribution < -0.4 is 5.32 Å². The van der Waals surface area contributed by atoms with Crippen LogP contribution in [-0.4, -0.2) is 23.5 Å². The van der Waals surface area contributed by atoms with Crippen molar-refractivity contribution in [1.29, 1.82) is 0 Å². The van der Waals surface area contributed by atoms with E-state index in [1.165, 1.54) is 23.5 Å². The molecule has 128 valence electrons. The molecule has 0 fully saturated rings. The Kier molecular flexibility index (Phi) is 6.03. The molecule has 0 radical (unpaired) electrons. The van der Waals surface area contributed by atoms with Crippen LogP contribution in [0.2, 0.25) is 0 Å². The Morgan fingerprint density at radius 3 is 2.50 bits per heavy atom. The van der Waals surface area contributed by atoms with Crippen molar-refractivity contribution in [3.05, 3.63) is 51.2 Å². The molecule has 0 aliphatic rings. The highest BCUT2D eigenvalue weighted by atomic mass is 32.1. The van der Waals surface area contributed by atoms with E-state index in [0.29, 0.717) is 11.3 Å². The van der Waals surface area contributed by atoms with E-state index in [9.17, 15) is 14.0 Å². The van der Waals surface area contributed by atoms with Gasteiger partial charge in [-0.15, -0.1) is 11.3 Å². The van der Waals surface area contributed by atoms with Gasteiger partial charge in [0.15, 0.2) is 0 Å². The second kappa shape index (κ2) is 8.01. The lowest BCUT2D eigenvalue weighted by molar-refractivity contribution is -0.143. The standard InChI is InChI=1S/C17H19FN2O3S/c1-4-23-15(21)9-14(12-5-7-13(18)8-6-12)20-17(22)16-10(2)24-11(3)19-16/h5-8,14H,4,9H2,1-3H3,(H,20,22)/t14-/m1/s1. The van der Waals surface area contributed by atoms with Crippen molar-refractivity contribution in [3.8, 4) is 0 Å². The number of aryl methyl sites for hydroxylation is 2. The molecule has 2 rings (SSSR count). The number of benzene rings is 1. The van der Waals surface area contributed by atoms with Crippen LogP contribution >= 0.6 is 11.3 Å². The lowest BCUT2D eigenvalue weighted by Crippen LogP contribution is -2.31. The fraction of sp³-hybridized carbons (Fsp3) is 0.353. The lowest BCUT2D eigenvalue weighted by atomic mass is 10.0. The van der Waals surface area contributed by atoms with Crippen molar-refractivity contribution in [2.75, 3.05) is 6.61 Å². The van der Waals surface area contributed by atoms with Gasteiger partial charge in [0.2, 0.25) is 0 Å². The van der Waals surface area contributed by atoms with E-state index in [1.807, 2.05) is 13.8 Å². The zero-order chi connectivity index (χ0) is 17.7. The zero-order valence-corrected chi connectivity index (χ0v) is 14.6. The largest absolute Gasteiger partial charge is 0.466 e. The van der Waals surface area contributed by atoms with E-state index >= 15 is 0 Å². The quantitative estimate of drug-likeness (QED) is 0.812. The number of carbonyl (C=O) groups is 2. The number of aromatic nitrogens is 1. The minimum absolute atomic E-state index is 0.0343. The number of halogens is 1. The van der Waals surface area contributed by atoms with Crippen LogP contribution in [0, 0.1) is 19.7 Å². The summed E-state index contributed by atoms with van der Waals surface area (Å²) < 4.78 is 18.1. The first kappa shape index (κ1) is 18.1. The van der Waals surface area contributed by atoms with Crippen LogP contribution in [0.15, 0.2) is 24.3 Å². The van der Waals surface area contributed by atoms with Gasteiger partial charge in [-0.2, -0.15) is 0 Å². The zero-order valence-electron chi connectivity index (χ0n) is 13.8. The van der Waals surface area contributed by atoms with Crippen LogP contribution in [0.3, 0.4) is 0 Å². The number of hydrogen-bond acceptors (Lipinski definition) is 5. The number of rotatable bonds is 6. The normalized spacial score (nSPS) is 11.8. The summed E-state index contributed by atoms with van der Waals surface area (Å²) in [4.78, 5) is 29.3. The molecule has 1 atom stereocenters. The molecule has 0 saturated carbocycles. The molecule has 24 heavy (non-hydrogen) atoms. The summed E-state index contributed by atoms with van der Waals surface area (Å²) in [5, 5.41) is 3.59. The molecule has 1 N–H and O–H groups in total. The topological polar surface area (TPSA) is 68.3 Å². The first-order valence-corrected chi connectivity index (χ1v) is 8.38. The van der Waals surface area contributed by atoms with Crippen LogP contribution in [0.4, 0.5) is 4.39 Å². The third-order valence-corrected chi connectivity index (χ3v) is 4.26. The van der Waals surface area contributed by atoms with Crippen molar-refractivity contribution in [3.63, 3.8) is 0 Å². The lowest BCUT2D eigenvalue weighted by Gasteiger charge is -2.18. The Hall–Kier alpha value is -2.28. The molecule has 7 heteroatoms. The van der Waals surface area contributed by atoms with Gasteiger partial charge in [0.1, 0.15) is 11.5 Å². The van der Waals surface area contributed by atoms with E-state index in [-0.39, 0.29) is 24.8 Å². The fourth-order valence-corrected chi connectivity index (χ4v) is 3.12. The molecule has 0 unspecified atom stereocenters. The SMILES string of the molecule is CCOC(=O)C[C@@H](NC(=O)c1nc(C)sc1C)c1ccc(F)cc1. The third kappa shape index (κ3) is 4.61. The third-order valence-electron chi connectivity index (χ3n) is 3.37. The molecule has 0 bridgehead atoms. The van der Waals surface area contributed by atoms with Gasteiger partial charge in [0.25, 0.3) is 5.91 Å². The maximum absolute atomic E-state index is 13.1. The summed E-state index contributed by atoms with van der Waals surface area (Å²) in [5.74, 6) is -1.18. The van der Waals surface area contributed by atoms with Gasteiger partial charge >= 0.3 is 5.97 Å². The number of nitrogens with zero attached hydrogens (tertiary/aromatic N) is 1. The van der Waals surface area contributed by atoms with Gasteiger partial charge in [-0.05, 0) is 38.5 Å². The molecule has 0 spiro atoms. The number of nitrogens with one attached hydrogen (secondary N) is 1. The van der Waals surface area contributed by atoms with Crippen molar-refractivity contribution in [2.24, 2.45) is 0 Å². The van der Waals surface area contributed by atoms with E-state index in [0.717, 1.165) is 9.88 Å². The van der Waals surface area contributed by atoms with Gasteiger partial charge in [-0.25, -0.2) is 9.37 Å².